The molecule has 3 N–H and O–H groups in total. The molecule has 1 amide bonds. The molecule has 1 aliphatic heterocycles. The van der Waals surface area contributed by atoms with E-state index in [4.69, 9.17) is 27.9 Å². The molecule has 5 rings (SSSR count). The van der Waals surface area contributed by atoms with Crippen LogP contribution in [0.25, 0.3) is 10.9 Å². The van der Waals surface area contributed by atoms with Gasteiger partial charge in [-0.15, -0.1) is 0 Å². The minimum Gasteiger partial charge on any atom is -0.486 e. The molecule has 0 aliphatic carbocycles. The highest BCUT2D eigenvalue weighted by Crippen LogP contribution is 2.33. The van der Waals surface area contributed by atoms with E-state index in [0.717, 1.165) is 24.3 Å². The number of rotatable bonds is 6. The van der Waals surface area contributed by atoms with Crippen molar-refractivity contribution < 1.29 is 9.53 Å². The van der Waals surface area contributed by atoms with Gasteiger partial charge in [0, 0.05) is 59.9 Å². The Hall–Kier alpha value is -3.33. The largest absolute Gasteiger partial charge is 0.486 e. The van der Waals surface area contributed by atoms with Crippen LogP contribution in [0.2, 0.25) is 10.0 Å². The highest BCUT2D eigenvalue weighted by molar-refractivity contribution is 6.35. The van der Waals surface area contributed by atoms with Gasteiger partial charge in [-0.1, -0.05) is 23.2 Å². The summed E-state index contributed by atoms with van der Waals surface area (Å²) < 4.78 is 6.10. The average molecular weight is 539 g/mol. The fraction of sp³-hybridized carbons (Fsp3) is 0.296. The second-order valence-electron chi connectivity index (χ2n) is 9.43. The first-order valence-electron chi connectivity index (χ1n) is 12.1. The maximum absolute atomic E-state index is 13.1. The monoisotopic (exact) mass is 538 g/mol. The van der Waals surface area contributed by atoms with Crippen LogP contribution in [-0.2, 0) is 0 Å². The predicted octanol–water partition coefficient (Wildman–Crippen LogP) is 5.84. The topological polar surface area (TPSA) is 95.2 Å². The Balaban J connectivity index is 1.31. The number of halogens is 2. The molecule has 1 aliphatic rings. The quantitative estimate of drug-likeness (QED) is 0.285. The number of piperazine rings is 1. The van der Waals surface area contributed by atoms with Gasteiger partial charge in [-0.25, -0.2) is 0 Å². The highest BCUT2D eigenvalue weighted by atomic mass is 35.5. The van der Waals surface area contributed by atoms with Crippen LogP contribution in [0, 0.1) is 0 Å². The maximum atomic E-state index is 13.1. The fourth-order valence-electron chi connectivity index (χ4n) is 4.80. The highest BCUT2D eigenvalue weighted by Gasteiger charge is 2.22. The lowest BCUT2D eigenvalue weighted by Crippen LogP contribution is -2.54. The number of anilines is 2. The number of carbonyl (C=O) groups excluding carboxylic acids is 1. The van der Waals surface area contributed by atoms with Crippen molar-refractivity contribution >= 4 is 51.4 Å². The van der Waals surface area contributed by atoms with E-state index < -0.39 is 6.10 Å². The second-order valence-corrected chi connectivity index (χ2v) is 10.2. The Bertz CT molecular complexity index is 1390. The lowest BCUT2D eigenvalue weighted by molar-refractivity contribution is 0.102. The standard InChI is InChI=1S/C27H28Cl2N6O2/c1-15-13-35(14-16(2)31-15)19-6-4-18(5-7-19)32-27(36)26-21-10-20(8-9-24(21)33-34-26)37-17(3)25-22(28)11-30-12-23(25)29/h4-12,15-17,31H,13-14H2,1-3H3,(H,32,36)(H,33,34)/t15-,16-,17+/m0/s1. The average Bonchev–Trinajstić information content (AvgIpc) is 3.27. The number of H-pyrrole nitrogens is 1. The van der Waals surface area contributed by atoms with Crippen molar-refractivity contribution in [1.29, 1.82) is 0 Å². The van der Waals surface area contributed by atoms with Gasteiger partial charge in [0.2, 0.25) is 0 Å². The molecule has 2 aromatic heterocycles. The third-order valence-electron chi connectivity index (χ3n) is 6.41. The molecule has 8 nitrogen and oxygen atoms in total. The summed E-state index contributed by atoms with van der Waals surface area (Å²) in [6, 6.07) is 14.1. The van der Waals surface area contributed by atoms with E-state index in [9.17, 15) is 4.79 Å². The van der Waals surface area contributed by atoms with Crippen molar-refractivity contribution in [2.75, 3.05) is 23.3 Å². The van der Waals surface area contributed by atoms with Gasteiger partial charge >= 0.3 is 0 Å². The van der Waals surface area contributed by atoms with Crippen molar-refractivity contribution in [2.24, 2.45) is 0 Å². The first-order valence-corrected chi connectivity index (χ1v) is 12.9. The van der Waals surface area contributed by atoms with E-state index >= 15 is 0 Å². The summed E-state index contributed by atoms with van der Waals surface area (Å²) in [5.41, 5.74) is 3.49. The molecule has 2 aromatic carbocycles. The SMILES string of the molecule is C[C@H]1CN(c2ccc(NC(=O)c3n[nH]c4ccc(O[C@H](C)c5c(Cl)cncc5Cl)cc34)cc2)C[C@H](C)N1. The molecule has 3 atom stereocenters. The van der Waals surface area contributed by atoms with Gasteiger partial charge in [-0.2, -0.15) is 5.10 Å². The molecule has 10 heteroatoms. The Labute approximate surface area is 225 Å². The third kappa shape index (κ3) is 5.51. The lowest BCUT2D eigenvalue weighted by atomic mass is 10.1. The van der Waals surface area contributed by atoms with Gasteiger partial charge in [0.25, 0.3) is 5.91 Å². The van der Waals surface area contributed by atoms with Gasteiger partial charge in [-0.05, 0) is 63.2 Å². The molecule has 0 spiro atoms. The Morgan fingerprint density at radius 3 is 2.43 bits per heavy atom. The normalized spacial score (nSPS) is 18.6. The zero-order valence-electron chi connectivity index (χ0n) is 20.8. The number of fused-ring (bicyclic) bond motifs is 1. The predicted molar refractivity (Wildman–Crippen MR) is 148 cm³/mol. The van der Waals surface area contributed by atoms with Crippen molar-refractivity contribution in [2.45, 2.75) is 39.0 Å². The number of amides is 1. The summed E-state index contributed by atoms with van der Waals surface area (Å²) in [5.74, 6) is 0.247. The number of aromatic amines is 1. The van der Waals surface area contributed by atoms with Gasteiger partial charge in [-0.3, -0.25) is 14.9 Å². The molecule has 0 saturated carbocycles. The number of benzene rings is 2. The molecule has 192 valence electrons. The molecule has 0 radical (unpaired) electrons. The van der Waals surface area contributed by atoms with Crippen molar-refractivity contribution in [1.82, 2.24) is 20.5 Å². The number of nitrogens with zero attached hydrogens (tertiary/aromatic N) is 3. The molecular weight excluding hydrogens is 511 g/mol. The molecule has 0 unspecified atom stereocenters. The van der Waals surface area contributed by atoms with Crippen LogP contribution < -0.4 is 20.3 Å². The van der Waals surface area contributed by atoms with Gasteiger partial charge in [0.1, 0.15) is 11.9 Å². The fourth-order valence-corrected chi connectivity index (χ4v) is 5.47. The molecule has 37 heavy (non-hydrogen) atoms. The molecule has 1 saturated heterocycles. The minimum absolute atomic E-state index is 0.280. The zero-order valence-corrected chi connectivity index (χ0v) is 22.3. The van der Waals surface area contributed by atoms with Gasteiger partial charge in [0.05, 0.1) is 15.6 Å². The Morgan fingerprint density at radius 1 is 1.08 bits per heavy atom. The van der Waals surface area contributed by atoms with E-state index in [1.165, 1.54) is 12.4 Å². The van der Waals surface area contributed by atoms with Crippen molar-refractivity contribution in [3.05, 3.63) is 76.2 Å². The number of nitrogens with one attached hydrogen (secondary N) is 3. The molecule has 3 heterocycles. The van der Waals surface area contributed by atoms with Crippen LogP contribution in [0.15, 0.2) is 54.9 Å². The van der Waals surface area contributed by atoms with Crippen LogP contribution in [0.1, 0.15) is 42.9 Å². The van der Waals surface area contributed by atoms with E-state index in [0.29, 0.717) is 44.5 Å². The molecule has 4 aromatic rings. The minimum atomic E-state index is -0.426. The smallest absolute Gasteiger partial charge is 0.276 e. The number of aromatic nitrogens is 3. The lowest BCUT2D eigenvalue weighted by Gasteiger charge is -2.37. The third-order valence-corrected chi connectivity index (χ3v) is 7.01. The summed E-state index contributed by atoms with van der Waals surface area (Å²) in [5, 5.41) is 15.2. The van der Waals surface area contributed by atoms with Crippen molar-refractivity contribution in [3.8, 4) is 5.75 Å². The number of pyridine rings is 1. The molecular formula is C27H28Cl2N6O2. The zero-order chi connectivity index (χ0) is 26.1. The van der Waals surface area contributed by atoms with Gasteiger partial charge in [0.15, 0.2) is 5.69 Å². The summed E-state index contributed by atoms with van der Waals surface area (Å²) >= 11 is 12.6. The van der Waals surface area contributed by atoms with E-state index in [-0.39, 0.29) is 11.6 Å². The van der Waals surface area contributed by atoms with Crippen LogP contribution in [0.3, 0.4) is 0 Å². The molecule has 1 fully saturated rings. The van der Waals surface area contributed by atoms with E-state index in [2.05, 4.69) is 44.6 Å². The van der Waals surface area contributed by atoms with Crippen LogP contribution in [0.4, 0.5) is 11.4 Å². The number of hydrogen-bond acceptors (Lipinski definition) is 6. The van der Waals surface area contributed by atoms with Crippen molar-refractivity contribution in [3.63, 3.8) is 0 Å². The van der Waals surface area contributed by atoms with E-state index in [1.807, 2.05) is 37.3 Å². The summed E-state index contributed by atoms with van der Waals surface area (Å²) in [4.78, 5) is 19.5. The summed E-state index contributed by atoms with van der Waals surface area (Å²) in [6.45, 7) is 8.11. The van der Waals surface area contributed by atoms with Crippen LogP contribution in [0.5, 0.6) is 5.75 Å². The first kappa shape index (κ1) is 25.3. The first-order chi connectivity index (χ1) is 17.8. The second kappa shape index (κ2) is 10.6. The van der Waals surface area contributed by atoms with Gasteiger partial charge < -0.3 is 20.3 Å². The number of hydrogen-bond donors (Lipinski definition) is 3. The Kier molecular flexibility index (Phi) is 7.24. The summed E-state index contributed by atoms with van der Waals surface area (Å²) in [6.07, 6.45) is 2.63. The number of ether oxygens (including phenoxy) is 1. The Morgan fingerprint density at radius 2 is 1.76 bits per heavy atom. The number of carbonyl (C=O) groups is 1. The molecule has 0 bridgehead atoms. The maximum Gasteiger partial charge on any atom is 0.276 e. The van der Waals surface area contributed by atoms with Crippen LogP contribution in [-0.4, -0.2) is 46.3 Å². The summed E-state index contributed by atoms with van der Waals surface area (Å²) in [7, 11) is 0. The van der Waals surface area contributed by atoms with Crippen LogP contribution >= 0.6 is 23.2 Å². The van der Waals surface area contributed by atoms with E-state index in [1.54, 1.807) is 12.1 Å².